The first-order valence-electron chi connectivity index (χ1n) is 12.0. The first kappa shape index (κ1) is 22.8. The van der Waals surface area contributed by atoms with Gasteiger partial charge in [-0.05, 0) is 64.7 Å². The van der Waals surface area contributed by atoms with Crippen molar-refractivity contribution in [1.29, 1.82) is 0 Å². The van der Waals surface area contributed by atoms with Crippen molar-refractivity contribution in [3.8, 4) is 11.3 Å². The molecule has 2 aliphatic heterocycles. The zero-order valence-corrected chi connectivity index (χ0v) is 20.4. The lowest BCUT2D eigenvalue weighted by molar-refractivity contribution is 0.0383. The highest BCUT2D eigenvalue weighted by molar-refractivity contribution is 5.94. The highest BCUT2D eigenvalue weighted by Crippen LogP contribution is 2.45. The smallest absolute Gasteiger partial charge is 0.273 e. The third-order valence-corrected chi connectivity index (χ3v) is 7.57. The quantitative estimate of drug-likeness (QED) is 0.377. The molecule has 3 aromatic heterocycles. The summed E-state index contributed by atoms with van der Waals surface area (Å²) in [6.45, 7) is 5.70. The summed E-state index contributed by atoms with van der Waals surface area (Å²) in [5.74, 6) is -4.12. The zero-order chi connectivity index (χ0) is 25.5. The van der Waals surface area contributed by atoms with E-state index >= 15 is 0 Å². The molecule has 0 radical (unpaired) electrons. The van der Waals surface area contributed by atoms with E-state index in [2.05, 4.69) is 10.1 Å². The Morgan fingerprint density at radius 3 is 2.47 bits per heavy atom. The second kappa shape index (κ2) is 7.91. The number of amides is 1. The number of carbonyl (C=O) groups excluding carboxylic acids is 1. The molecule has 10 heteroatoms. The molecule has 1 fully saturated rings. The minimum atomic E-state index is -1.49. The monoisotopic (exact) mass is 494 g/mol. The predicted octanol–water partition coefficient (Wildman–Crippen LogP) is 4.76. The summed E-state index contributed by atoms with van der Waals surface area (Å²) in [6.07, 6.45) is 2.95. The van der Waals surface area contributed by atoms with E-state index in [-0.39, 0.29) is 23.6 Å². The second-order valence-corrected chi connectivity index (χ2v) is 9.84. The van der Waals surface area contributed by atoms with Crippen LogP contribution in [0.1, 0.15) is 64.0 Å². The van der Waals surface area contributed by atoms with E-state index in [1.54, 1.807) is 22.3 Å². The van der Waals surface area contributed by atoms with Crippen LogP contribution >= 0.6 is 0 Å². The molecule has 36 heavy (non-hydrogen) atoms. The first-order chi connectivity index (χ1) is 17.2. The number of piperidine rings is 1. The van der Waals surface area contributed by atoms with Gasteiger partial charge >= 0.3 is 0 Å². The summed E-state index contributed by atoms with van der Waals surface area (Å²) in [5, 5.41) is 9.28. The molecule has 1 aromatic carbocycles. The van der Waals surface area contributed by atoms with E-state index in [9.17, 15) is 18.0 Å². The number of hydrogen-bond donors (Lipinski definition) is 0. The lowest BCUT2D eigenvalue weighted by Crippen LogP contribution is -2.50. The van der Waals surface area contributed by atoms with Gasteiger partial charge in [0.05, 0.1) is 23.1 Å². The summed E-state index contributed by atoms with van der Waals surface area (Å²) in [5.41, 5.74) is 5.95. The summed E-state index contributed by atoms with van der Waals surface area (Å²) in [4.78, 5) is 20.5. The lowest BCUT2D eigenvalue weighted by atomic mass is 9.81. The Bertz CT molecular complexity index is 1550. The van der Waals surface area contributed by atoms with Crippen LogP contribution in [0.2, 0.25) is 0 Å². The number of benzene rings is 1. The molecule has 2 bridgehead atoms. The Kier molecular flexibility index (Phi) is 5.00. The number of rotatable bonds is 2. The molecule has 0 spiro atoms. The fraction of sp³-hybridized carbons (Fsp3) is 0.385. The average Bonchev–Trinajstić information content (AvgIpc) is 3.31. The molecule has 2 aliphatic rings. The van der Waals surface area contributed by atoms with E-state index in [1.807, 2.05) is 25.7 Å². The largest absolute Gasteiger partial charge is 0.325 e. The van der Waals surface area contributed by atoms with Gasteiger partial charge in [-0.15, -0.1) is 0 Å². The minimum absolute atomic E-state index is 0.108. The van der Waals surface area contributed by atoms with Crippen LogP contribution in [0.3, 0.4) is 0 Å². The molecule has 6 rings (SSSR count). The van der Waals surface area contributed by atoms with Gasteiger partial charge in [0.1, 0.15) is 5.69 Å². The van der Waals surface area contributed by atoms with Crippen molar-refractivity contribution >= 4 is 11.6 Å². The molecule has 7 nitrogen and oxygen atoms in total. The highest BCUT2D eigenvalue weighted by Gasteiger charge is 2.44. The van der Waals surface area contributed by atoms with Crippen LogP contribution in [0.25, 0.3) is 16.9 Å². The third kappa shape index (κ3) is 3.19. The number of hydrogen-bond acceptors (Lipinski definition) is 4. The van der Waals surface area contributed by atoms with Crippen molar-refractivity contribution in [2.45, 2.75) is 58.5 Å². The number of aromatic nitrogens is 5. The molecule has 4 aromatic rings. The number of aryl methyl sites for hydroxylation is 4. The summed E-state index contributed by atoms with van der Waals surface area (Å²) in [6, 6.07) is 3.38. The van der Waals surface area contributed by atoms with Gasteiger partial charge in [-0.25, -0.2) is 22.7 Å². The van der Waals surface area contributed by atoms with Crippen molar-refractivity contribution in [3.63, 3.8) is 0 Å². The second-order valence-electron chi connectivity index (χ2n) is 9.84. The minimum Gasteiger partial charge on any atom is -0.325 e. The van der Waals surface area contributed by atoms with Crippen LogP contribution in [-0.2, 0) is 13.5 Å². The third-order valence-electron chi connectivity index (χ3n) is 7.57. The van der Waals surface area contributed by atoms with Crippen molar-refractivity contribution in [3.05, 3.63) is 69.6 Å². The maximum atomic E-state index is 14.1. The van der Waals surface area contributed by atoms with Crippen molar-refractivity contribution < 1.29 is 18.0 Å². The van der Waals surface area contributed by atoms with Crippen LogP contribution in [-0.4, -0.2) is 41.2 Å². The molecular weight excluding hydrogens is 469 g/mol. The molecule has 0 aliphatic carbocycles. The van der Waals surface area contributed by atoms with Gasteiger partial charge in [0.2, 0.25) is 0 Å². The van der Waals surface area contributed by atoms with Crippen molar-refractivity contribution in [1.82, 2.24) is 29.3 Å². The van der Waals surface area contributed by atoms with E-state index < -0.39 is 17.5 Å². The fourth-order valence-corrected chi connectivity index (χ4v) is 5.84. The van der Waals surface area contributed by atoms with Gasteiger partial charge in [-0.2, -0.15) is 10.2 Å². The Balaban J connectivity index is 1.47. The Hall–Kier alpha value is -3.69. The molecule has 2 atom stereocenters. The molecule has 1 amide bonds. The SMILES string of the molecule is Cc1cc(C(=O)N2C3CCCC2c2nn(C)c(-c4cc(F)c(F)c(F)c4)c2C3)n2nc(C)c(C)c2n1. The fourth-order valence-electron chi connectivity index (χ4n) is 5.84. The number of carbonyl (C=O) groups is 1. The van der Waals surface area contributed by atoms with Gasteiger partial charge in [-0.1, -0.05) is 0 Å². The highest BCUT2D eigenvalue weighted by atomic mass is 19.2. The lowest BCUT2D eigenvalue weighted by Gasteiger charge is -2.45. The Labute approximate surface area is 205 Å². The van der Waals surface area contributed by atoms with E-state index in [1.165, 1.54) is 0 Å². The summed E-state index contributed by atoms with van der Waals surface area (Å²) < 4.78 is 44.9. The molecular formula is C26H25F3N6O. The normalized spacial score (nSPS) is 19.1. The van der Waals surface area contributed by atoms with Crippen LogP contribution in [0.5, 0.6) is 0 Å². The summed E-state index contributed by atoms with van der Waals surface area (Å²) in [7, 11) is 1.70. The van der Waals surface area contributed by atoms with Crippen LogP contribution in [0.15, 0.2) is 18.2 Å². The van der Waals surface area contributed by atoms with Crippen LogP contribution < -0.4 is 0 Å². The van der Waals surface area contributed by atoms with Gasteiger partial charge in [0.15, 0.2) is 23.1 Å². The van der Waals surface area contributed by atoms with Crippen molar-refractivity contribution in [2.24, 2.45) is 7.05 Å². The topological polar surface area (TPSA) is 68.3 Å². The van der Waals surface area contributed by atoms with Crippen molar-refractivity contribution in [2.75, 3.05) is 0 Å². The molecule has 0 saturated carbocycles. The average molecular weight is 495 g/mol. The maximum Gasteiger partial charge on any atom is 0.273 e. The Morgan fingerprint density at radius 2 is 1.75 bits per heavy atom. The van der Waals surface area contributed by atoms with Gasteiger partial charge in [0.25, 0.3) is 5.91 Å². The molecule has 0 N–H and O–H groups in total. The molecule has 2 unspecified atom stereocenters. The maximum absolute atomic E-state index is 14.1. The number of nitrogens with zero attached hydrogens (tertiary/aromatic N) is 6. The van der Waals surface area contributed by atoms with Gasteiger partial charge in [-0.3, -0.25) is 9.48 Å². The zero-order valence-electron chi connectivity index (χ0n) is 20.4. The molecule has 186 valence electrons. The van der Waals surface area contributed by atoms with E-state index in [0.717, 1.165) is 59.6 Å². The molecule has 1 saturated heterocycles. The standard InChI is InChI=1S/C26H25F3N6O/c1-12-8-21(35-25(30-12)13(2)14(3)31-35)26(36)34-16-6-5-7-20(34)23-17(11-16)24(33(4)32-23)15-9-18(27)22(29)19(28)10-15/h8-10,16,20H,5-7,11H2,1-4H3. The molecule has 5 heterocycles. The van der Waals surface area contributed by atoms with E-state index in [0.29, 0.717) is 23.5 Å². The van der Waals surface area contributed by atoms with Crippen LogP contribution in [0.4, 0.5) is 13.2 Å². The Morgan fingerprint density at radius 1 is 1.03 bits per heavy atom. The summed E-state index contributed by atoms with van der Waals surface area (Å²) >= 11 is 0. The van der Waals surface area contributed by atoms with E-state index in [4.69, 9.17) is 5.10 Å². The number of fused-ring (bicyclic) bond motifs is 5. The first-order valence-corrected chi connectivity index (χ1v) is 12.0. The predicted molar refractivity (Wildman–Crippen MR) is 126 cm³/mol. The van der Waals surface area contributed by atoms with Gasteiger partial charge < -0.3 is 4.90 Å². The van der Waals surface area contributed by atoms with Crippen LogP contribution in [0, 0.1) is 38.2 Å². The van der Waals surface area contributed by atoms with Gasteiger partial charge in [0, 0.05) is 35.5 Å². The number of halogens is 3.